The molecule has 1 amide bonds. The predicted molar refractivity (Wildman–Crippen MR) is 108 cm³/mol. The Labute approximate surface area is 177 Å². The summed E-state index contributed by atoms with van der Waals surface area (Å²) in [6.07, 6.45) is -1.35. The number of nitrogens with zero attached hydrogens (tertiary/aromatic N) is 3. The summed E-state index contributed by atoms with van der Waals surface area (Å²) in [5, 5.41) is 0. The van der Waals surface area contributed by atoms with Gasteiger partial charge >= 0.3 is 12.1 Å². The van der Waals surface area contributed by atoms with Gasteiger partial charge in [-0.2, -0.15) is 13.2 Å². The molecule has 6 nitrogen and oxygen atoms in total. The summed E-state index contributed by atoms with van der Waals surface area (Å²) in [5.41, 5.74) is 1.26. The molecule has 0 saturated carbocycles. The second kappa shape index (κ2) is 8.20. The van der Waals surface area contributed by atoms with Crippen LogP contribution in [-0.4, -0.2) is 43.6 Å². The number of amides is 1. The fourth-order valence-electron chi connectivity index (χ4n) is 4.34. The van der Waals surface area contributed by atoms with Crippen LogP contribution >= 0.6 is 0 Å². The lowest BCUT2D eigenvalue weighted by molar-refractivity contribution is -0.137. The fourth-order valence-corrected chi connectivity index (χ4v) is 4.34. The van der Waals surface area contributed by atoms with Crippen LogP contribution in [0.5, 0.6) is 0 Å². The molecule has 164 valence electrons. The summed E-state index contributed by atoms with van der Waals surface area (Å²) in [5.74, 6) is -1.11. The molecule has 1 atom stereocenters. The van der Waals surface area contributed by atoms with Crippen LogP contribution in [0.25, 0.3) is 0 Å². The molecule has 3 heterocycles. The zero-order valence-corrected chi connectivity index (χ0v) is 17.0. The van der Waals surface area contributed by atoms with E-state index in [9.17, 15) is 22.8 Å². The Bertz CT molecular complexity index is 1010. The van der Waals surface area contributed by atoms with Gasteiger partial charge < -0.3 is 14.5 Å². The first-order chi connectivity index (χ1) is 14.8. The van der Waals surface area contributed by atoms with Crippen LogP contribution in [0, 0.1) is 5.92 Å². The molecule has 1 saturated heterocycles. The highest BCUT2D eigenvalue weighted by Crippen LogP contribution is 2.37. The third kappa shape index (κ3) is 4.08. The van der Waals surface area contributed by atoms with Crippen LogP contribution in [0.2, 0.25) is 0 Å². The molecular weight excluding hydrogens is 411 g/mol. The highest BCUT2D eigenvalue weighted by molar-refractivity contribution is 5.98. The van der Waals surface area contributed by atoms with Crippen molar-refractivity contribution in [2.45, 2.75) is 25.4 Å². The van der Waals surface area contributed by atoms with E-state index in [4.69, 9.17) is 4.74 Å². The summed E-state index contributed by atoms with van der Waals surface area (Å²) in [4.78, 5) is 32.2. The molecular formula is C22H22F3N3O3. The van der Waals surface area contributed by atoms with Gasteiger partial charge in [0.1, 0.15) is 5.82 Å². The normalized spacial score (nSPS) is 18.6. The zero-order valence-electron chi connectivity index (χ0n) is 17.0. The van der Waals surface area contributed by atoms with Crippen LogP contribution in [0.1, 0.15) is 34.3 Å². The molecule has 0 N–H and O–H groups in total. The Morgan fingerprint density at radius 2 is 2.00 bits per heavy atom. The number of fused-ring (bicyclic) bond motifs is 1. The Hall–Kier alpha value is -3.10. The van der Waals surface area contributed by atoms with Crippen molar-refractivity contribution in [1.29, 1.82) is 0 Å². The van der Waals surface area contributed by atoms with Crippen molar-refractivity contribution in [3.8, 4) is 0 Å². The number of anilines is 2. The molecule has 4 rings (SSSR count). The first-order valence-electron chi connectivity index (χ1n) is 10.1. The van der Waals surface area contributed by atoms with Gasteiger partial charge in [0.05, 0.1) is 24.2 Å². The number of carbonyl (C=O) groups excluding carboxylic acids is 2. The Kier molecular flexibility index (Phi) is 5.60. The smallest absolute Gasteiger partial charge is 0.419 e. The number of esters is 1. The van der Waals surface area contributed by atoms with Gasteiger partial charge in [0.15, 0.2) is 0 Å². The van der Waals surface area contributed by atoms with Gasteiger partial charge in [-0.05, 0) is 55.2 Å². The first kappa shape index (κ1) is 21.1. The Morgan fingerprint density at radius 3 is 2.74 bits per heavy atom. The van der Waals surface area contributed by atoms with E-state index < -0.39 is 23.6 Å². The van der Waals surface area contributed by atoms with E-state index in [1.54, 1.807) is 28.0 Å². The number of piperidine rings is 1. The van der Waals surface area contributed by atoms with Crippen LogP contribution in [0.15, 0.2) is 36.5 Å². The minimum Gasteiger partial charge on any atom is -0.465 e. The summed E-state index contributed by atoms with van der Waals surface area (Å²) in [7, 11) is 1.31. The molecule has 31 heavy (non-hydrogen) atoms. The van der Waals surface area contributed by atoms with Crippen molar-refractivity contribution in [2.24, 2.45) is 5.92 Å². The van der Waals surface area contributed by atoms with Crippen molar-refractivity contribution in [3.63, 3.8) is 0 Å². The van der Waals surface area contributed by atoms with Gasteiger partial charge in [-0.15, -0.1) is 0 Å². The largest absolute Gasteiger partial charge is 0.465 e. The molecule has 0 spiro atoms. The second-order valence-corrected chi connectivity index (χ2v) is 7.73. The van der Waals surface area contributed by atoms with Crippen molar-refractivity contribution < 1.29 is 27.5 Å². The molecule has 1 aromatic heterocycles. The molecule has 9 heteroatoms. The van der Waals surface area contributed by atoms with Crippen LogP contribution in [0.4, 0.5) is 24.7 Å². The molecule has 2 aromatic rings. The van der Waals surface area contributed by atoms with E-state index in [2.05, 4.69) is 4.98 Å². The number of carbonyl (C=O) groups is 2. The quantitative estimate of drug-likeness (QED) is 0.691. The molecule has 1 fully saturated rings. The number of hydrogen-bond acceptors (Lipinski definition) is 5. The molecule has 1 aromatic carbocycles. The standard InChI is InChI=1S/C22H22F3N3O3/c1-31-21(30)15-6-7-18-14(12-15)8-11-28(18)20(29)16-4-3-10-27(13-16)19-17(22(23,24)25)5-2-9-26-19/h2,5-7,9,12,16H,3-4,8,10-11,13H2,1H3. The van der Waals surface area contributed by atoms with E-state index in [0.29, 0.717) is 37.9 Å². The SMILES string of the molecule is COC(=O)c1ccc2c(c1)CCN2C(=O)C1CCCN(c2ncccc2C(F)(F)F)C1. The monoisotopic (exact) mass is 433 g/mol. The maximum absolute atomic E-state index is 13.4. The number of rotatable bonds is 3. The Morgan fingerprint density at radius 1 is 1.19 bits per heavy atom. The van der Waals surface area contributed by atoms with Crippen LogP contribution < -0.4 is 9.80 Å². The number of ether oxygens (including phenoxy) is 1. The van der Waals surface area contributed by atoms with Crippen molar-refractivity contribution in [2.75, 3.05) is 36.5 Å². The number of alkyl halides is 3. The minimum atomic E-state index is -4.51. The highest BCUT2D eigenvalue weighted by Gasteiger charge is 2.38. The highest BCUT2D eigenvalue weighted by atomic mass is 19.4. The lowest BCUT2D eigenvalue weighted by atomic mass is 9.96. The number of hydrogen-bond donors (Lipinski definition) is 0. The average molecular weight is 433 g/mol. The van der Waals surface area contributed by atoms with E-state index in [1.165, 1.54) is 19.4 Å². The zero-order chi connectivity index (χ0) is 22.2. The fraction of sp³-hybridized carbons (Fsp3) is 0.409. The van der Waals surface area contributed by atoms with Crippen molar-refractivity contribution in [1.82, 2.24) is 4.98 Å². The third-order valence-corrected chi connectivity index (χ3v) is 5.82. The van der Waals surface area contributed by atoms with Gasteiger partial charge in [-0.1, -0.05) is 0 Å². The third-order valence-electron chi connectivity index (χ3n) is 5.82. The number of aromatic nitrogens is 1. The van der Waals surface area contributed by atoms with Gasteiger partial charge in [-0.3, -0.25) is 4.79 Å². The van der Waals surface area contributed by atoms with E-state index in [1.807, 2.05) is 0 Å². The molecule has 0 bridgehead atoms. The number of halogens is 3. The molecule has 2 aliphatic rings. The lowest BCUT2D eigenvalue weighted by Gasteiger charge is -2.35. The maximum atomic E-state index is 13.4. The lowest BCUT2D eigenvalue weighted by Crippen LogP contribution is -2.45. The van der Waals surface area contributed by atoms with E-state index in [0.717, 1.165) is 17.3 Å². The number of benzene rings is 1. The summed E-state index contributed by atoms with van der Waals surface area (Å²) >= 11 is 0. The van der Waals surface area contributed by atoms with E-state index in [-0.39, 0.29) is 18.3 Å². The summed E-state index contributed by atoms with van der Waals surface area (Å²) in [6, 6.07) is 7.36. The molecule has 2 aliphatic heterocycles. The molecule has 1 unspecified atom stereocenters. The number of methoxy groups -OCH3 is 1. The van der Waals surface area contributed by atoms with Crippen LogP contribution in [-0.2, 0) is 22.1 Å². The number of pyridine rings is 1. The first-order valence-corrected chi connectivity index (χ1v) is 10.1. The summed E-state index contributed by atoms with van der Waals surface area (Å²) in [6.45, 7) is 1.08. The van der Waals surface area contributed by atoms with Gasteiger partial charge in [-0.25, -0.2) is 9.78 Å². The minimum absolute atomic E-state index is 0.112. The molecule has 0 radical (unpaired) electrons. The summed E-state index contributed by atoms with van der Waals surface area (Å²) < 4.78 is 45.0. The van der Waals surface area contributed by atoms with E-state index >= 15 is 0 Å². The van der Waals surface area contributed by atoms with Crippen molar-refractivity contribution >= 4 is 23.4 Å². The maximum Gasteiger partial charge on any atom is 0.419 e. The molecule has 0 aliphatic carbocycles. The Balaban J connectivity index is 1.53. The van der Waals surface area contributed by atoms with Crippen LogP contribution in [0.3, 0.4) is 0 Å². The van der Waals surface area contributed by atoms with Gasteiger partial charge in [0, 0.05) is 31.5 Å². The predicted octanol–water partition coefficient (Wildman–Crippen LogP) is 3.69. The van der Waals surface area contributed by atoms with Gasteiger partial charge in [0.2, 0.25) is 5.91 Å². The van der Waals surface area contributed by atoms with Gasteiger partial charge in [0.25, 0.3) is 0 Å². The second-order valence-electron chi connectivity index (χ2n) is 7.73. The van der Waals surface area contributed by atoms with Crippen molar-refractivity contribution in [3.05, 3.63) is 53.2 Å². The average Bonchev–Trinajstić information content (AvgIpc) is 3.20. The topological polar surface area (TPSA) is 62.7 Å².